The van der Waals surface area contributed by atoms with Crippen molar-refractivity contribution in [2.75, 3.05) is 33.9 Å². The second-order valence-electron chi connectivity index (χ2n) is 10.8. The van der Waals surface area contributed by atoms with Gasteiger partial charge in [-0.15, -0.1) is 0 Å². The predicted molar refractivity (Wildman–Crippen MR) is 155 cm³/mol. The SMILES string of the molecule is CCc1cccc(CNC[C@H](O)[C@@H](Cc2cc(F)cc(F)c2)C2(C(N)=O)C=C(C)C=C(C(=O)N(C)CCOC)C2)c1. The van der Waals surface area contributed by atoms with Gasteiger partial charge in [0, 0.05) is 51.3 Å². The molecule has 7 nitrogen and oxygen atoms in total. The molecule has 0 radical (unpaired) electrons. The van der Waals surface area contributed by atoms with Crippen molar-refractivity contribution in [1.82, 2.24) is 10.2 Å². The van der Waals surface area contributed by atoms with Gasteiger partial charge in [-0.25, -0.2) is 8.78 Å². The van der Waals surface area contributed by atoms with Crippen LogP contribution in [0, 0.1) is 23.0 Å². The number of nitrogens with one attached hydrogen (secondary N) is 1. The first-order chi connectivity index (χ1) is 19.5. The first-order valence-corrected chi connectivity index (χ1v) is 13.8. The Morgan fingerprint density at radius 2 is 1.83 bits per heavy atom. The molecule has 0 spiro atoms. The fraction of sp³-hybridized carbons (Fsp3) is 0.438. The molecule has 2 aromatic rings. The summed E-state index contributed by atoms with van der Waals surface area (Å²) in [4.78, 5) is 28.1. The Morgan fingerprint density at radius 3 is 2.46 bits per heavy atom. The Morgan fingerprint density at radius 1 is 1.15 bits per heavy atom. The number of methoxy groups -OCH3 is 1. The second kappa shape index (κ2) is 14.5. The van der Waals surface area contributed by atoms with Crippen LogP contribution in [0.5, 0.6) is 0 Å². The highest BCUT2D eigenvalue weighted by atomic mass is 19.1. The molecule has 3 rings (SSSR count). The molecule has 0 saturated heterocycles. The highest BCUT2D eigenvalue weighted by Crippen LogP contribution is 2.44. The number of aliphatic hydroxyl groups excluding tert-OH is 1. The number of ether oxygens (including phenoxy) is 1. The number of hydrogen-bond donors (Lipinski definition) is 3. The van der Waals surface area contributed by atoms with Crippen molar-refractivity contribution in [3.63, 3.8) is 0 Å². The van der Waals surface area contributed by atoms with Crippen LogP contribution < -0.4 is 11.1 Å². The van der Waals surface area contributed by atoms with E-state index in [0.717, 1.165) is 18.1 Å². The lowest BCUT2D eigenvalue weighted by Gasteiger charge is -2.41. The molecule has 1 aliphatic rings. The van der Waals surface area contributed by atoms with E-state index in [1.54, 1.807) is 33.2 Å². The number of amides is 2. The van der Waals surface area contributed by atoms with E-state index in [0.29, 0.717) is 30.8 Å². The smallest absolute Gasteiger partial charge is 0.249 e. The van der Waals surface area contributed by atoms with E-state index in [2.05, 4.69) is 18.3 Å². The van der Waals surface area contributed by atoms with Crippen LogP contribution in [0.3, 0.4) is 0 Å². The van der Waals surface area contributed by atoms with Gasteiger partial charge in [0.15, 0.2) is 0 Å². The van der Waals surface area contributed by atoms with Gasteiger partial charge in [-0.3, -0.25) is 9.59 Å². The minimum atomic E-state index is -1.49. The summed E-state index contributed by atoms with van der Waals surface area (Å²) in [6.45, 7) is 5.06. The van der Waals surface area contributed by atoms with Crippen LogP contribution in [-0.4, -0.2) is 61.8 Å². The van der Waals surface area contributed by atoms with Gasteiger partial charge in [-0.1, -0.05) is 48.9 Å². The van der Waals surface area contributed by atoms with E-state index < -0.39 is 35.0 Å². The molecule has 222 valence electrons. The van der Waals surface area contributed by atoms with Crippen LogP contribution in [-0.2, 0) is 33.7 Å². The van der Waals surface area contributed by atoms with Crippen molar-refractivity contribution in [3.8, 4) is 0 Å². The zero-order valence-corrected chi connectivity index (χ0v) is 24.3. The summed E-state index contributed by atoms with van der Waals surface area (Å²) in [6.07, 6.45) is 3.02. The number of primary amides is 1. The normalized spacial score (nSPS) is 18.3. The van der Waals surface area contributed by atoms with Gasteiger partial charge in [0.25, 0.3) is 0 Å². The predicted octanol–water partition coefficient (Wildman–Crippen LogP) is 3.69. The third kappa shape index (κ3) is 8.31. The molecular formula is C32H41F2N3O4. The molecule has 41 heavy (non-hydrogen) atoms. The number of nitrogens with zero attached hydrogens (tertiary/aromatic N) is 1. The van der Waals surface area contributed by atoms with Gasteiger partial charge in [0.1, 0.15) is 11.6 Å². The number of nitrogens with two attached hydrogens (primary N) is 1. The molecule has 3 atom stereocenters. The minimum Gasteiger partial charge on any atom is -0.391 e. The van der Waals surface area contributed by atoms with E-state index in [1.165, 1.54) is 22.6 Å². The van der Waals surface area contributed by atoms with Gasteiger partial charge >= 0.3 is 0 Å². The first kappa shape index (κ1) is 32.1. The van der Waals surface area contributed by atoms with E-state index in [1.807, 2.05) is 18.2 Å². The lowest BCUT2D eigenvalue weighted by molar-refractivity contribution is -0.131. The number of allylic oxidation sites excluding steroid dienone is 2. The molecule has 9 heteroatoms. The zero-order chi connectivity index (χ0) is 30.2. The quantitative estimate of drug-likeness (QED) is 0.322. The third-order valence-electron chi connectivity index (χ3n) is 7.67. The maximum absolute atomic E-state index is 14.2. The third-order valence-corrected chi connectivity index (χ3v) is 7.67. The number of likely N-dealkylation sites (N-methyl/N-ethyl adjacent to an activating group) is 1. The van der Waals surface area contributed by atoms with Crippen molar-refractivity contribution in [2.45, 2.75) is 45.8 Å². The Labute approximate surface area is 241 Å². The van der Waals surface area contributed by atoms with E-state index in [4.69, 9.17) is 10.5 Å². The Kier molecular flexibility index (Phi) is 11.3. The number of aryl methyl sites for hydroxylation is 1. The molecule has 1 aliphatic carbocycles. The number of hydrogen-bond acceptors (Lipinski definition) is 5. The average Bonchev–Trinajstić information content (AvgIpc) is 2.93. The van der Waals surface area contributed by atoms with Crippen molar-refractivity contribution in [1.29, 1.82) is 0 Å². The number of aliphatic hydroxyl groups is 1. The van der Waals surface area contributed by atoms with Crippen molar-refractivity contribution < 1.29 is 28.2 Å². The summed E-state index contributed by atoms with van der Waals surface area (Å²) >= 11 is 0. The van der Waals surface area contributed by atoms with E-state index >= 15 is 0 Å². The van der Waals surface area contributed by atoms with Crippen LogP contribution in [0.4, 0.5) is 8.78 Å². The fourth-order valence-electron chi connectivity index (χ4n) is 5.54. The monoisotopic (exact) mass is 569 g/mol. The molecule has 0 saturated carbocycles. The minimum absolute atomic E-state index is 0.0451. The van der Waals surface area contributed by atoms with Gasteiger partial charge in [-0.2, -0.15) is 0 Å². The summed E-state index contributed by atoms with van der Waals surface area (Å²) in [5.74, 6) is -3.45. The Hall–Kier alpha value is -3.40. The van der Waals surface area contributed by atoms with Crippen LogP contribution in [0.25, 0.3) is 0 Å². The summed E-state index contributed by atoms with van der Waals surface area (Å²) in [6, 6.07) is 11.2. The fourth-order valence-corrected chi connectivity index (χ4v) is 5.54. The Bertz CT molecular complexity index is 1280. The van der Waals surface area contributed by atoms with Gasteiger partial charge in [-0.05, 0) is 55.0 Å². The lowest BCUT2D eigenvalue weighted by atomic mass is 9.63. The Balaban J connectivity index is 1.95. The number of benzene rings is 2. The van der Waals surface area contributed by atoms with E-state index in [9.17, 15) is 23.5 Å². The van der Waals surface area contributed by atoms with Gasteiger partial charge in [0.05, 0.1) is 18.1 Å². The maximum atomic E-state index is 14.2. The highest BCUT2D eigenvalue weighted by molar-refractivity contribution is 5.96. The zero-order valence-electron chi connectivity index (χ0n) is 24.3. The molecule has 4 N–H and O–H groups in total. The molecule has 0 aliphatic heterocycles. The first-order valence-electron chi connectivity index (χ1n) is 13.8. The lowest BCUT2D eigenvalue weighted by Crippen LogP contribution is -2.51. The summed E-state index contributed by atoms with van der Waals surface area (Å²) in [5, 5.41) is 14.8. The van der Waals surface area contributed by atoms with Crippen molar-refractivity contribution in [3.05, 3.63) is 94.1 Å². The van der Waals surface area contributed by atoms with Crippen LogP contribution >= 0.6 is 0 Å². The largest absolute Gasteiger partial charge is 0.391 e. The second-order valence-corrected chi connectivity index (χ2v) is 10.8. The number of halogens is 2. The molecule has 2 amide bonds. The summed E-state index contributed by atoms with van der Waals surface area (Å²) < 4.78 is 33.4. The summed E-state index contributed by atoms with van der Waals surface area (Å²) in [7, 11) is 3.18. The van der Waals surface area contributed by atoms with Crippen LogP contribution in [0.2, 0.25) is 0 Å². The number of rotatable bonds is 14. The average molecular weight is 570 g/mol. The van der Waals surface area contributed by atoms with E-state index in [-0.39, 0.29) is 30.9 Å². The van der Waals surface area contributed by atoms with Crippen molar-refractivity contribution >= 4 is 11.8 Å². The molecule has 0 aromatic heterocycles. The molecule has 0 fully saturated rings. The number of carbonyl (C=O) groups is 2. The molecule has 0 bridgehead atoms. The molecular weight excluding hydrogens is 528 g/mol. The van der Waals surface area contributed by atoms with Crippen LogP contribution in [0.15, 0.2) is 65.8 Å². The van der Waals surface area contributed by atoms with Crippen molar-refractivity contribution in [2.24, 2.45) is 17.1 Å². The molecule has 1 unspecified atom stereocenters. The van der Waals surface area contributed by atoms with Crippen LogP contribution in [0.1, 0.15) is 37.0 Å². The van der Waals surface area contributed by atoms with Gasteiger partial charge < -0.3 is 25.8 Å². The summed E-state index contributed by atoms with van der Waals surface area (Å²) in [5.41, 5.74) is 8.04. The standard InChI is InChI=1S/C32H41F2N3O4/c1-5-22-7-6-8-23(12-22)19-36-20-29(38)28(15-24-13-26(33)16-27(34)14-24)32(31(35)40)17-21(2)11-25(18-32)30(39)37(3)9-10-41-4/h6-8,11-14,16-17,28-29,36,38H,5,9-10,15,18-20H2,1-4H3,(H2,35,40)/t28-,29+,32?/m1/s1. The van der Waals surface area contributed by atoms with Gasteiger partial charge in [0.2, 0.25) is 11.8 Å². The topological polar surface area (TPSA) is 105 Å². The number of carbonyl (C=O) groups excluding carboxylic acids is 2. The highest BCUT2D eigenvalue weighted by Gasteiger charge is 2.48. The maximum Gasteiger partial charge on any atom is 0.249 e. The molecule has 0 heterocycles. The molecule has 2 aromatic carbocycles.